The normalized spacial score (nSPS) is 17.4. The number of hydrogen-bond donors (Lipinski definition) is 2. The third-order valence-electron chi connectivity index (χ3n) is 4.52. The van der Waals surface area contributed by atoms with Crippen LogP contribution in [-0.2, 0) is 16.9 Å². The molecule has 0 spiro atoms. The number of aliphatic hydroxyl groups is 1. The van der Waals surface area contributed by atoms with E-state index in [0.717, 1.165) is 11.3 Å². The number of amides is 1. The molecule has 2 N–H and O–H groups in total. The van der Waals surface area contributed by atoms with Crippen LogP contribution in [0.4, 0.5) is 0 Å². The van der Waals surface area contributed by atoms with Crippen molar-refractivity contribution in [2.24, 2.45) is 0 Å². The van der Waals surface area contributed by atoms with Crippen molar-refractivity contribution < 1.29 is 9.90 Å². The lowest BCUT2D eigenvalue weighted by Crippen LogP contribution is -2.46. The number of carbonyl (C=O) groups is 1. The van der Waals surface area contributed by atoms with Gasteiger partial charge >= 0.3 is 0 Å². The summed E-state index contributed by atoms with van der Waals surface area (Å²) in [6.07, 6.45) is 2.89. The number of likely N-dealkylation sites (tertiary alicyclic amines) is 1. The molecular weight excluding hydrogens is 302 g/mol. The first kappa shape index (κ1) is 16.6. The first-order chi connectivity index (χ1) is 11.7. The molecule has 2 heterocycles. The number of piperidine rings is 1. The predicted octanol–water partition coefficient (Wildman–Crippen LogP) is 1.68. The van der Waals surface area contributed by atoms with Crippen LogP contribution in [0.5, 0.6) is 0 Å². The van der Waals surface area contributed by atoms with Crippen LogP contribution in [0, 0.1) is 0 Å². The number of aromatic nitrogens is 1. The summed E-state index contributed by atoms with van der Waals surface area (Å²) >= 11 is 0. The lowest BCUT2D eigenvalue weighted by atomic mass is 9.88. The zero-order valence-corrected chi connectivity index (χ0v) is 13.7. The Hall–Kier alpha value is -2.24. The summed E-state index contributed by atoms with van der Waals surface area (Å²) in [6, 6.07) is 15.5. The van der Waals surface area contributed by atoms with Gasteiger partial charge in [0.1, 0.15) is 5.60 Å². The summed E-state index contributed by atoms with van der Waals surface area (Å²) in [6.45, 7) is 2.29. The van der Waals surface area contributed by atoms with Gasteiger partial charge in [0.25, 0.3) is 0 Å². The molecular formula is C19H23N3O2. The van der Waals surface area contributed by atoms with E-state index >= 15 is 0 Å². The van der Waals surface area contributed by atoms with Crippen molar-refractivity contribution in [3.63, 3.8) is 0 Å². The van der Waals surface area contributed by atoms with Gasteiger partial charge in [0.2, 0.25) is 5.91 Å². The fourth-order valence-corrected chi connectivity index (χ4v) is 3.03. The summed E-state index contributed by atoms with van der Waals surface area (Å²) in [5.41, 5.74) is 0.936. The molecule has 5 nitrogen and oxygen atoms in total. The highest BCUT2D eigenvalue weighted by Gasteiger charge is 2.35. The molecule has 3 rings (SSSR count). The maximum atomic E-state index is 12.1. The van der Waals surface area contributed by atoms with E-state index in [4.69, 9.17) is 0 Å². The molecule has 1 aliphatic rings. The number of carbonyl (C=O) groups excluding carboxylic acids is 1. The zero-order chi connectivity index (χ0) is 16.8. The Bertz CT molecular complexity index is 653. The molecule has 0 unspecified atom stereocenters. The highest BCUT2D eigenvalue weighted by Crippen LogP contribution is 2.31. The standard InChI is InChI=1S/C19H23N3O2/c23-18(21-14-16-6-2-1-3-7-16)15-22-12-9-19(24,10-13-22)17-8-4-5-11-20-17/h1-8,11,24H,9-10,12-15H2,(H,21,23). The zero-order valence-electron chi connectivity index (χ0n) is 13.7. The van der Waals surface area contributed by atoms with Crippen LogP contribution in [0.25, 0.3) is 0 Å². The fraction of sp³-hybridized carbons (Fsp3) is 0.368. The van der Waals surface area contributed by atoms with Gasteiger partial charge in [0.15, 0.2) is 0 Å². The van der Waals surface area contributed by atoms with Gasteiger partial charge in [-0.15, -0.1) is 0 Å². The van der Waals surface area contributed by atoms with Gasteiger partial charge in [0, 0.05) is 25.8 Å². The van der Waals surface area contributed by atoms with Crippen molar-refractivity contribution in [1.29, 1.82) is 0 Å². The van der Waals surface area contributed by atoms with E-state index in [1.807, 2.05) is 48.5 Å². The molecule has 1 aromatic carbocycles. The third kappa shape index (κ3) is 4.19. The van der Waals surface area contributed by atoms with Crippen LogP contribution in [0.1, 0.15) is 24.1 Å². The molecule has 2 aromatic rings. The minimum absolute atomic E-state index is 0.0159. The van der Waals surface area contributed by atoms with E-state index in [1.165, 1.54) is 0 Å². The van der Waals surface area contributed by atoms with Crippen LogP contribution in [0.3, 0.4) is 0 Å². The van der Waals surface area contributed by atoms with Gasteiger partial charge < -0.3 is 10.4 Å². The van der Waals surface area contributed by atoms with Crippen molar-refractivity contribution in [2.75, 3.05) is 19.6 Å². The van der Waals surface area contributed by atoms with Gasteiger partial charge in [-0.2, -0.15) is 0 Å². The highest BCUT2D eigenvalue weighted by atomic mass is 16.3. The van der Waals surface area contributed by atoms with Crippen molar-refractivity contribution in [2.45, 2.75) is 25.0 Å². The quantitative estimate of drug-likeness (QED) is 0.878. The minimum atomic E-state index is -0.877. The first-order valence-corrected chi connectivity index (χ1v) is 8.33. The third-order valence-corrected chi connectivity index (χ3v) is 4.52. The number of nitrogens with one attached hydrogen (secondary N) is 1. The van der Waals surface area contributed by atoms with Gasteiger partial charge in [-0.05, 0) is 30.5 Å². The summed E-state index contributed by atoms with van der Waals surface area (Å²) in [4.78, 5) is 18.4. The molecule has 0 bridgehead atoms. The predicted molar refractivity (Wildman–Crippen MR) is 92.1 cm³/mol. The van der Waals surface area contributed by atoms with Gasteiger partial charge in [0.05, 0.1) is 12.2 Å². The van der Waals surface area contributed by atoms with Crippen molar-refractivity contribution in [3.05, 3.63) is 66.0 Å². The molecule has 5 heteroatoms. The second-order valence-corrected chi connectivity index (χ2v) is 6.29. The molecule has 24 heavy (non-hydrogen) atoms. The molecule has 1 aromatic heterocycles. The largest absolute Gasteiger partial charge is 0.383 e. The Labute approximate surface area is 142 Å². The Morgan fingerprint density at radius 2 is 1.83 bits per heavy atom. The van der Waals surface area contributed by atoms with E-state index in [2.05, 4.69) is 15.2 Å². The summed E-state index contributed by atoms with van der Waals surface area (Å²) in [5.74, 6) is 0.0159. The SMILES string of the molecule is O=C(CN1CCC(O)(c2ccccn2)CC1)NCc1ccccc1. The fourth-order valence-electron chi connectivity index (χ4n) is 3.03. The second-order valence-electron chi connectivity index (χ2n) is 6.29. The number of rotatable bonds is 5. The first-order valence-electron chi connectivity index (χ1n) is 8.33. The van der Waals surface area contributed by atoms with Crippen molar-refractivity contribution in [1.82, 2.24) is 15.2 Å². The topological polar surface area (TPSA) is 65.5 Å². The maximum Gasteiger partial charge on any atom is 0.234 e. The Balaban J connectivity index is 1.46. The Morgan fingerprint density at radius 3 is 2.50 bits per heavy atom. The highest BCUT2D eigenvalue weighted by molar-refractivity contribution is 5.78. The Kier molecular flexibility index (Phi) is 5.23. The lowest BCUT2D eigenvalue weighted by molar-refractivity contribution is -0.123. The van der Waals surface area contributed by atoms with Gasteiger partial charge in [-0.1, -0.05) is 36.4 Å². The number of pyridine rings is 1. The van der Waals surface area contributed by atoms with Gasteiger partial charge in [-0.25, -0.2) is 0 Å². The number of hydrogen-bond acceptors (Lipinski definition) is 4. The average Bonchev–Trinajstić information content (AvgIpc) is 2.64. The molecule has 126 valence electrons. The molecule has 1 saturated heterocycles. The summed E-state index contributed by atoms with van der Waals surface area (Å²) in [7, 11) is 0. The van der Waals surface area contributed by atoms with Crippen LogP contribution in [0.2, 0.25) is 0 Å². The van der Waals surface area contributed by atoms with E-state index in [9.17, 15) is 9.90 Å². The average molecular weight is 325 g/mol. The molecule has 1 amide bonds. The maximum absolute atomic E-state index is 12.1. The van der Waals surface area contributed by atoms with Crippen LogP contribution >= 0.6 is 0 Å². The Morgan fingerprint density at radius 1 is 1.12 bits per heavy atom. The molecule has 0 aliphatic carbocycles. The van der Waals surface area contributed by atoms with Crippen molar-refractivity contribution in [3.8, 4) is 0 Å². The van der Waals surface area contributed by atoms with Crippen LogP contribution < -0.4 is 5.32 Å². The van der Waals surface area contributed by atoms with E-state index in [-0.39, 0.29) is 5.91 Å². The summed E-state index contributed by atoms with van der Waals surface area (Å²) in [5, 5.41) is 13.7. The monoisotopic (exact) mass is 325 g/mol. The van der Waals surface area contributed by atoms with Crippen molar-refractivity contribution >= 4 is 5.91 Å². The van der Waals surface area contributed by atoms with E-state index < -0.39 is 5.60 Å². The number of nitrogens with zero attached hydrogens (tertiary/aromatic N) is 2. The lowest BCUT2D eigenvalue weighted by Gasteiger charge is -2.37. The van der Waals surface area contributed by atoms with E-state index in [0.29, 0.717) is 39.0 Å². The molecule has 0 saturated carbocycles. The molecule has 1 aliphatic heterocycles. The number of benzene rings is 1. The van der Waals surface area contributed by atoms with E-state index in [1.54, 1.807) is 6.20 Å². The van der Waals surface area contributed by atoms with Crippen LogP contribution in [-0.4, -0.2) is 40.5 Å². The minimum Gasteiger partial charge on any atom is -0.383 e. The molecule has 1 fully saturated rings. The molecule has 0 atom stereocenters. The smallest absolute Gasteiger partial charge is 0.234 e. The summed E-state index contributed by atoms with van der Waals surface area (Å²) < 4.78 is 0. The van der Waals surface area contributed by atoms with Crippen LogP contribution in [0.15, 0.2) is 54.7 Å². The molecule has 0 radical (unpaired) electrons. The van der Waals surface area contributed by atoms with Gasteiger partial charge in [-0.3, -0.25) is 14.7 Å². The second kappa shape index (κ2) is 7.55.